The average molecular weight is 148 g/mol. The molecule has 0 aromatic heterocycles. The van der Waals surface area contributed by atoms with E-state index >= 15 is 0 Å². The van der Waals surface area contributed by atoms with Gasteiger partial charge in [-0.2, -0.15) is 0 Å². The molecule has 0 fully saturated rings. The van der Waals surface area contributed by atoms with E-state index in [2.05, 4.69) is 0 Å². The summed E-state index contributed by atoms with van der Waals surface area (Å²) in [5.41, 5.74) is 0. The SMILES string of the molecule is ClC1=CC(Cl)[CH]C=C1. The maximum absolute atomic E-state index is 5.64. The maximum atomic E-state index is 5.64. The van der Waals surface area contributed by atoms with Crippen LogP contribution in [-0.4, -0.2) is 5.38 Å². The summed E-state index contributed by atoms with van der Waals surface area (Å²) in [6.45, 7) is 0. The van der Waals surface area contributed by atoms with Gasteiger partial charge in [0.15, 0.2) is 0 Å². The molecule has 1 atom stereocenters. The van der Waals surface area contributed by atoms with Crippen molar-refractivity contribution in [2.75, 3.05) is 0 Å². The van der Waals surface area contributed by atoms with E-state index in [0.717, 1.165) is 0 Å². The zero-order valence-corrected chi connectivity index (χ0v) is 5.65. The third-order valence-corrected chi connectivity index (χ3v) is 1.39. The molecule has 0 N–H and O–H groups in total. The summed E-state index contributed by atoms with van der Waals surface area (Å²) in [6, 6.07) is 0. The molecule has 1 unspecified atom stereocenters. The molecule has 0 saturated heterocycles. The summed E-state index contributed by atoms with van der Waals surface area (Å²) >= 11 is 11.2. The van der Waals surface area contributed by atoms with E-state index in [0.29, 0.717) is 5.03 Å². The fourth-order valence-corrected chi connectivity index (χ4v) is 1.01. The summed E-state index contributed by atoms with van der Waals surface area (Å²) in [7, 11) is 0. The molecule has 0 nitrogen and oxygen atoms in total. The van der Waals surface area contributed by atoms with Crippen LogP contribution in [0.1, 0.15) is 0 Å². The van der Waals surface area contributed by atoms with Crippen LogP contribution in [0.5, 0.6) is 0 Å². The number of allylic oxidation sites excluding steroid dienone is 4. The Bertz CT molecular complexity index is 135. The Morgan fingerprint density at radius 1 is 1.50 bits per heavy atom. The van der Waals surface area contributed by atoms with Crippen molar-refractivity contribution in [2.45, 2.75) is 5.38 Å². The first kappa shape index (κ1) is 6.18. The van der Waals surface area contributed by atoms with Crippen molar-refractivity contribution in [2.24, 2.45) is 0 Å². The van der Waals surface area contributed by atoms with Gasteiger partial charge in [0.1, 0.15) is 0 Å². The van der Waals surface area contributed by atoms with Crippen molar-refractivity contribution >= 4 is 23.2 Å². The Morgan fingerprint density at radius 2 is 2.25 bits per heavy atom. The maximum Gasteiger partial charge on any atom is 0.0602 e. The highest BCUT2D eigenvalue weighted by molar-refractivity contribution is 6.32. The molecule has 1 rings (SSSR count). The molecule has 0 heterocycles. The van der Waals surface area contributed by atoms with E-state index in [-0.39, 0.29) is 5.38 Å². The number of rotatable bonds is 0. The second kappa shape index (κ2) is 2.56. The van der Waals surface area contributed by atoms with Crippen LogP contribution in [0, 0.1) is 6.42 Å². The molecule has 0 aliphatic heterocycles. The average Bonchev–Trinajstić information content (AvgIpc) is 1.64. The lowest BCUT2D eigenvalue weighted by Gasteiger charge is -2.03. The zero-order valence-electron chi connectivity index (χ0n) is 4.14. The summed E-state index contributed by atoms with van der Waals surface area (Å²) in [5, 5.41) is 0.694. The van der Waals surface area contributed by atoms with Gasteiger partial charge < -0.3 is 0 Å². The predicted octanol–water partition coefficient (Wildman–Crippen LogP) is 2.49. The van der Waals surface area contributed by atoms with E-state index in [9.17, 15) is 0 Å². The second-order valence-corrected chi connectivity index (χ2v) is 2.49. The monoisotopic (exact) mass is 147 g/mol. The van der Waals surface area contributed by atoms with Gasteiger partial charge in [0.2, 0.25) is 0 Å². The van der Waals surface area contributed by atoms with Gasteiger partial charge >= 0.3 is 0 Å². The lowest BCUT2D eigenvalue weighted by Crippen LogP contribution is -1.95. The molecule has 0 spiro atoms. The van der Waals surface area contributed by atoms with Crippen LogP contribution in [0.2, 0.25) is 0 Å². The van der Waals surface area contributed by atoms with E-state index in [1.807, 2.05) is 12.5 Å². The molecule has 0 aromatic rings. The standard InChI is InChI=1S/C6H5Cl2/c7-5-2-1-3-6(8)4-5/h1-5H. The van der Waals surface area contributed by atoms with E-state index in [1.54, 1.807) is 12.2 Å². The van der Waals surface area contributed by atoms with Gasteiger partial charge in [0.25, 0.3) is 0 Å². The number of halogens is 2. The van der Waals surface area contributed by atoms with Crippen LogP contribution in [0.15, 0.2) is 23.3 Å². The van der Waals surface area contributed by atoms with Crippen molar-refractivity contribution in [3.05, 3.63) is 29.7 Å². The number of hydrogen-bond acceptors (Lipinski definition) is 0. The van der Waals surface area contributed by atoms with E-state index < -0.39 is 0 Å². The Morgan fingerprint density at radius 3 is 2.62 bits per heavy atom. The van der Waals surface area contributed by atoms with Crippen LogP contribution in [0.25, 0.3) is 0 Å². The molecule has 0 bridgehead atoms. The van der Waals surface area contributed by atoms with Crippen molar-refractivity contribution in [3.8, 4) is 0 Å². The van der Waals surface area contributed by atoms with Crippen LogP contribution in [0.4, 0.5) is 0 Å². The summed E-state index contributed by atoms with van der Waals surface area (Å²) in [4.78, 5) is 0. The Balaban J connectivity index is 2.63. The highest BCUT2D eigenvalue weighted by Crippen LogP contribution is 2.16. The molecule has 1 radical (unpaired) electrons. The second-order valence-electron chi connectivity index (χ2n) is 1.55. The van der Waals surface area contributed by atoms with Gasteiger partial charge in [-0.3, -0.25) is 0 Å². The van der Waals surface area contributed by atoms with Crippen LogP contribution in [-0.2, 0) is 0 Å². The molecule has 2 heteroatoms. The molecule has 1 aliphatic carbocycles. The van der Waals surface area contributed by atoms with Crippen molar-refractivity contribution in [1.82, 2.24) is 0 Å². The first-order valence-corrected chi connectivity index (χ1v) is 3.13. The highest BCUT2D eigenvalue weighted by atomic mass is 35.5. The Labute approximate surface area is 58.8 Å². The smallest absolute Gasteiger partial charge is 0.0602 e. The molecule has 43 valence electrons. The van der Waals surface area contributed by atoms with Gasteiger partial charge in [-0.05, 0) is 12.2 Å². The van der Waals surface area contributed by atoms with E-state index in [4.69, 9.17) is 23.2 Å². The first-order chi connectivity index (χ1) is 3.79. The van der Waals surface area contributed by atoms with Crippen molar-refractivity contribution in [3.63, 3.8) is 0 Å². The summed E-state index contributed by atoms with van der Waals surface area (Å²) in [6.07, 6.45) is 7.30. The van der Waals surface area contributed by atoms with Gasteiger partial charge in [-0.25, -0.2) is 0 Å². The Hall–Kier alpha value is 0.0600. The zero-order chi connectivity index (χ0) is 5.98. The fraction of sp³-hybridized carbons (Fsp3) is 0.167. The summed E-state index contributed by atoms with van der Waals surface area (Å²) in [5.74, 6) is 0. The third kappa shape index (κ3) is 1.53. The normalized spacial score (nSPS) is 27.8. The molecular formula is C6H5Cl2. The minimum Gasteiger partial charge on any atom is -0.118 e. The fourth-order valence-electron chi connectivity index (χ4n) is 0.517. The lowest BCUT2D eigenvalue weighted by molar-refractivity contribution is 1.26. The van der Waals surface area contributed by atoms with Crippen molar-refractivity contribution < 1.29 is 0 Å². The third-order valence-electron chi connectivity index (χ3n) is 0.869. The largest absolute Gasteiger partial charge is 0.118 e. The van der Waals surface area contributed by atoms with Crippen LogP contribution < -0.4 is 0 Å². The molecule has 0 saturated carbocycles. The van der Waals surface area contributed by atoms with Crippen LogP contribution in [0.3, 0.4) is 0 Å². The quantitative estimate of drug-likeness (QED) is 0.463. The van der Waals surface area contributed by atoms with Crippen molar-refractivity contribution in [1.29, 1.82) is 0 Å². The predicted molar refractivity (Wildman–Crippen MR) is 37.0 cm³/mol. The number of hydrogen-bond donors (Lipinski definition) is 0. The van der Waals surface area contributed by atoms with E-state index in [1.165, 1.54) is 0 Å². The lowest BCUT2D eigenvalue weighted by atomic mass is 10.2. The van der Waals surface area contributed by atoms with Gasteiger partial charge in [-0.1, -0.05) is 17.7 Å². The molecule has 1 aliphatic rings. The highest BCUT2D eigenvalue weighted by Gasteiger charge is 2.02. The molecular weight excluding hydrogens is 143 g/mol. The summed E-state index contributed by atoms with van der Waals surface area (Å²) < 4.78 is 0. The molecule has 8 heavy (non-hydrogen) atoms. The topological polar surface area (TPSA) is 0 Å². The van der Waals surface area contributed by atoms with Gasteiger partial charge in [0.05, 0.1) is 5.38 Å². The minimum atomic E-state index is -0.0208. The number of alkyl halides is 1. The van der Waals surface area contributed by atoms with Gasteiger partial charge in [0, 0.05) is 11.5 Å². The Kier molecular flexibility index (Phi) is 1.98. The molecule has 0 amide bonds. The first-order valence-electron chi connectivity index (χ1n) is 2.32. The van der Waals surface area contributed by atoms with Gasteiger partial charge in [-0.15, -0.1) is 11.6 Å². The minimum absolute atomic E-state index is 0.0208. The molecule has 0 aromatic carbocycles. The van der Waals surface area contributed by atoms with Crippen LogP contribution >= 0.6 is 23.2 Å².